The van der Waals surface area contributed by atoms with Crippen molar-refractivity contribution in [3.63, 3.8) is 0 Å². The van der Waals surface area contributed by atoms with E-state index in [0.717, 1.165) is 33.9 Å². The predicted molar refractivity (Wildman–Crippen MR) is 90.0 cm³/mol. The molecule has 0 bridgehead atoms. The van der Waals surface area contributed by atoms with Crippen molar-refractivity contribution in [3.8, 4) is 0 Å². The lowest BCUT2D eigenvalue weighted by Crippen LogP contribution is -2.22. The number of halogens is 1. The number of fused-ring (bicyclic) bond motifs is 1. The van der Waals surface area contributed by atoms with Crippen LogP contribution in [0.15, 0.2) is 16.7 Å². The summed E-state index contributed by atoms with van der Waals surface area (Å²) in [5.41, 5.74) is 1.72. The summed E-state index contributed by atoms with van der Waals surface area (Å²) in [7, 11) is 0.607. The van der Waals surface area contributed by atoms with Gasteiger partial charge in [0.2, 0.25) is 0 Å². The van der Waals surface area contributed by atoms with E-state index in [2.05, 4.69) is 45.7 Å². The number of ether oxygens (including phenoxy) is 2. The average molecular weight is 372 g/mol. The first-order chi connectivity index (χ1) is 9.90. The number of aromatic nitrogens is 3. The van der Waals surface area contributed by atoms with E-state index in [9.17, 15) is 0 Å². The van der Waals surface area contributed by atoms with Crippen molar-refractivity contribution in [1.29, 1.82) is 0 Å². The highest BCUT2D eigenvalue weighted by Crippen LogP contribution is 2.21. The van der Waals surface area contributed by atoms with Crippen LogP contribution in [-0.2, 0) is 22.8 Å². The third-order valence-corrected chi connectivity index (χ3v) is 5.26. The molecule has 2 heterocycles. The zero-order chi connectivity index (χ0) is 15.5. The van der Waals surface area contributed by atoms with Gasteiger partial charge in [0.15, 0.2) is 5.65 Å². The summed E-state index contributed by atoms with van der Waals surface area (Å²) in [6.07, 6.45) is 1.78. The van der Waals surface area contributed by atoms with Crippen LogP contribution >= 0.6 is 15.9 Å². The van der Waals surface area contributed by atoms with E-state index < -0.39 is 8.07 Å². The van der Waals surface area contributed by atoms with Gasteiger partial charge in [0.1, 0.15) is 6.73 Å². The van der Waals surface area contributed by atoms with Gasteiger partial charge < -0.3 is 9.47 Å². The van der Waals surface area contributed by atoms with Gasteiger partial charge in [-0.05, 0) is 28.0 Å². The van der Waals surface area contributed by atoms with Crippen molar-refractivity contribution in [1.82, 2.24) is 14.8 Å². The van der Waals surface area contributed by atoms with Gasteiger partial charge in [-0.25, -0.2) is 9.67 Å². The van der Waals surface area contributed by atoms with E-state index in [1.165, 1.54) is 0 Å². The number of hydrogen-bond donors (Lipinski definition) is 0. The molecule has 2 rings (SSSR count). The quantitative estimate of drug-likeness (QED) is 0.550. The van der Waals surface area contributed by atoms with Crippen LogP contribution in [0.4, 0.5) is 0 Å². The molecule has 2 aromatic rings. The van der Waals surface area contributed by atoms with Gasteiger partial charge in [0, 0.05) is 37.8 Å². The molecule has 0 saturated carbocycles. The Hall–Kier alpha value is -0.763. The minimum Gasteiger partial charge on any atom is -0.378 e. The predicted octanol–water partition coefficient (Wildman–Crippen LogP) is 3.65. The topological polar surface area (TPSA) is 49.2 Å². The SMILES string of the molecule is COCc1nn(COCC[Si](C)(C)C)c2ncc(Br)cc12. The average Bonchev–Trinajstić information content (AvgIpc) is 2.72. The molecule has 0 aliphatic carbocycles. The number of pyridine rings is 1. The fourth-order valence-corrected chi connectivity index (χ4v) is 3.05. The van der Waals surface area contributed by atoms with Gasteiger partial charge in [-0.15, -0.1) is 0 Å². The second-order valence-electron chi connectivity index (χ2n) is 6.25. The molecule has 0 spiro atoms. The van der Waals surface area contributed by atoms with Crippen molar-refractivity contribution < 1.29 is 9.47 Å². The molecule has 0 N–H and O–H groups in total. The Kier molecular flexibility index (Phi) is 5.53. The number of nitrogens with zero attached hydrogens (tertiary/aromatic N) is 3. The molecule has 0 unspecified atom stereocenters. The van der Waals surface area contributed by atoms with Gasteiger partial charge in [-0.3, -0.25) is 0 Å². The third kappa shape index (κ3) is 4.60. The maximum absolute atomic E-state index is 5.77. The van der Waals surface area contributed by atoms with Crippen LogP contribution in [-0.4, -0.2) is 36.6 Å². The Labute approximate surface area is 134 Å². The first-order valence-corrected chi connectivity index (χ1v) is 11.5. The maximum Gasteiger partial charge on any atom is 0.160 e. The van der Waals surface area contributed by atoms with Crippen LogP contribution in [0.5, 0.6) is 0 Å². The largest absolute Gasteiger partial charge is 0.378 e. The van der Waals surface area contributed by atoms with Crippen molar-refractivity contribution in [2.24, 2.45) is 0 Å². The first-order valence-electron chi connectivity index (χ1n) is 6.98. The number of methoxy groups -OCH3 is 1. The summed E-state index contributed by atoms with van der Waals surface area (Å²) >= 11 is 3.45. The zero-order valence-corrected chi connectivity index (χ0v) is 15.6. The van der Waals surface area contributed by atoms with Crippen molar-refractivity contribution in [2.75, 3.05) is 13.7 Å². The van der Waals surface area contributed by atoms with Crippen LogP contribution in [0, 0.1) is 0 Å². The van der Waals surface area contributed by atoms with E-state index >= 15 is 0 Å². The normalized spacial score (nSPS) is 12.2. The molecule has 0 fully saturated rings. The molecule has 0 aliphatic rings. The molecule has 0 saturated heterocycles. The molecule has 0 aromatic carbocycles. The molecule has 0 atom stereocenters. The van der Waals surface area contributed by atoms with Crippen LogP contribution in [0.1, 0.15) is 5.69 Å². The summed E-state index contributed by atoms with van der Waals surface area (Å²) in [6, 6.07) is 3.17. The summed E-state index contributed by atoms with van der Waals surface area (Å²) in [6.45, 7) is 8.70. The van der Waals surface area contributed by atoms with E-state index in [1.54, 1.807) is 18.0 Å². The minimum atomic E-state index is -1.06. The molecule has 0 amide bonds. The second-order valence-corrected chi connectivity index (χ2v) is 12.8. The lowest BCUT2D eigenvalue weighted by atomic mass is 10.3. The molecule has 21 heavy (non-hydrogen) atoms. The lowest BCUT2D eigenvalue weighted by molar-refractivity contribution is 0.0800. The Morgan fingerprint density at radius 1 is 1.33 bits per heavy atom. The highest BCUT2D eigenvalue weighted by molar-refractivity contribution is 9.10. The van der Waals surface area contributed by atoms with Crippen LogP contribution in [0.25, 0.3) is 11.0 Å². The van der Waals surface area contributed by atoms with Gasteiger partial charge in [-0.1, -0.05) is 19.6 Å². The van der Waals surface area contributed by atoms with Gasteiger partial charge in [-0.2, -0.15) is 5.10 Å². The highest BCUT2D eigenvalue weighted by Gasteiger charge is 2.14. The Morgan fingerprint density at radius 3 is 2.76 bits per heavy atom. The van der Waals surface area contributed by atoms with Crippen LogP contribution in [0.3, 0.4) is 0 Å². The van der Waals surface area contributed by atoms with E-state index in [4.69, 9.17) is 9.47 Å². The minimum absolute atomic E-state index is 0.430. The number of rotatable bonds is 7. The monoisotopic (exact) mass is 371 g/mol. The smallest absolute Gasteiger partial charge is 0.160 e. The Morgan fingerprint density at radius 2 is 2.10 bits per heavy atom. The molecular weight excluding hydrogens is 350 g/mol. The molecule has 0 aliphatic heterocycles. The van der Waals surface area contributed by atoms with Crippen molar-refractivity contribution >= 4 is 35.0 Å². The van der Waals surface area contributed by atoms with Gasteiger partial charge in [0.25, 0.3) is 0 Å². The molecule has 5 nitrogen and oxygen atoms in total. The molecule has 2 aromatic heterocycles. The van der Waals surface area contributed by atoms with Crippen LogP contribution < -0.4 is 0 Å². The van der Waals surface area contributed by atoms with Crippen molar-refractivity contribution in [3.05, 3.63) is 22.4 Å². The summed E-state index contributed by atoms with van der Waals surface area (Å²) < 4.78 is 13.7. The standard InChI is InChI=1S/C14H22BrN3O2Si/c1-19-9-13-12-7-11(15)8-16-14(12)18(17-13)10-20-5-6-21(2,3)4/h7-8H,5-6,9-10H2,1-4H3. The lowest BCUT2D eigenvalue weighted by Gasteiger charge is -2.15. The molecule has 0 radical (unpaired) electrons. The Bertz CT molecular complexity index is 610. The van der Waals surface area contributed by atoms with Gasteiger partial charge >= 0.3 is 0 Å². The summed E-state index contributed by atoms with van der Waals surface area (Å²) in [5, 5.41) is 5.55. The highest BCUT2D eigenvalue weighted by atomic mass is 79.9. The fraction of sp³-hybridized carbons (Fsp3) is 0.571. The molecule has 116 valence electrons. The molecule has 7 heteroatoms. The van der Waals surface area contributed by atoms with Crippen LogP contribution in [0.2, 0.25) is 25.7 Å². The molecular formula is C14H22BrN3O2Si. The fourth-order valence-electron chi connectivity index (χ4n) is 1.96. The van der Waals surface area contributed by atoms with E-state index in [0.29, 0.717) is 13.3 Å². The van der Waals surface area contributed by atoms with E-state index in [1.807, 2.05) is 6.07 Å². The van der Waals surface area contributed by atoms with Crippen molar-refractivity contribution in [2.45, 2.75) is 39.0 Å². The summed E-state index contributed by atoms with van der Waals surface area (Å²) in [4.78, 5) is 4.44. The summed E-state index contributed by atoms with van der Waals surface area (Å²) in [5.74, 6) is 0. The Balaban J connectivity index is 2.12. The van der Waals surface area contributed by atoms with E-state index in [-0.39, 0.29) is 0 Å². The van der Waals surface area contributed by atoms with Gasteiger partial charge in [0.05, 0.1) is 12.3 Å². The zero-order valence-electron chi connectivity index (χ0n) is 13.0. The number of hydrogen-bond acceptors (Lipinski definition) is 4. The third-order valence-electron chi connectivity index (χ3n) is 3.12. The first kappa shape index (κ1) is 16.6. The maximum atomic E-state index is 5.77. The second kappa shape index (κ2) is 7.00.